The number of rotatable bonds is 5. The third-order valence-corrected chi connectivity index (χ3v) is 2.71. The predicted molar refractivity (Wildman–Crippen MR) is 67.0 cm³/mol. The number of hydrogen-bond acceptors (Lipinski definition) is 4. The first kappa shape index (κ1) is 12.0. The maximum Gasteiger partial charge on any atom is 0.252 e. The highest BCUT2D eigenvalue weighted by Gasteiger charge is 2.09. The molecule has 17 heavy (non-hydrogen) atoms. The van der Waals surface area contributed by atoms with E-state index in [0.717, 1.165) is 30.8 Å². The van der Waals surface area contributed by atoms with Crippen LogP contribution >= 0.6 is 0 Å². The van der Waals surface area contributed by atoms with Crippen molar-refractivity contribution in [3.05, 3.63) is 23.8 Å². The third kappa shape index (κ3) is 2.79. The number of nitrogens with one attached hydrogen (secondary N) is 1. The molecule has 0 aliphatic rings. The molecular weight excluding hydrogens is 214 g/mol. The van der Waals surface area contributed by atoms with Gasteiger partial charge in [-0.3, -0.25) is 0 Å². The maximum absolute atomic E-state index is 4.33. The second-order valence-electron chi connectivity index (χ2n) is 4.42. The van der Waals surface area contributed by atoms with Gasteiger partial charge in [0.2, 0.25) is 0 Å². The zero-order valence-corrected chi connectivity index (χ0v) is 10.6. The van der Waals surface area contributed by atoms with Gasteiger partial charge in [-0.25, -0.2) is 9.50 Å². The van der Waals surface area contributed by atoms with Crippen LogP contribution in [0.3, 0.4) is 0 Å². The summed E-state index contributed by atoms with van der Waals surface area (Å²) < 4.78 is 1.82. The summed E-state index contributed by atoms with van der Waals surface area (Å²) in [7, 11) is 0. The standard InChI is InChI=1S/C12H19N5/c1-4-5-13-9(2)6-11-7-10(3)16-12-14-8-15-17(11)12/h7-9,13H,4-6H2,1-3H3. The average molecular weight is 233 g/mol. The van der Waals surface area contributed by atoms with Crippen molar-refractivity contribution in [1.29, 1.82) is 0 Å². The van der Waals surface area contributed by atoms with E-state index < -0.39 is 0 Å². The zero-order valence-electron chi connectivity index (χ0n) is 10.6. The fourth-order valence-electron chi connectivity index (χ4n) is 1.93. The lowest BCUT2D eigenvalue weighted by atomic mass is 10.1. The number of fused-ring (bicyclic) bond motifs is 1. The number of aromatic nitrogens is 4. The highest BCUT2D eigenvalue weighted by Crippen LogP contribution is 2.07. The summed E-state index contributed by atoms with van der Waals surface area (Å²) in [6, 6.07) is 2.51. The van der Waals surface area contributed by atoms with Crippen molar-refractivity contribution in [2.24, 2.45) is 0 Å². The van der Waals surface area contributed by atoms with Gasteiger partial charge in [-0.2, -0.15) is 10.1 Å². The average Bonchev–Trinajstić information content (AvgIpc) is 2.74. The van der Waals surface area contributed by atoms with Gasteiger partial charge in [0.15, 0.2) is 0 Å². The summed E-state index contributed by atoms with van der Waals surface area (Å²) in [6.45, 7) is 7.40. The highest BCUT2D eigenvalue weighted by atomic mass is 15.3. The molecule has 2 aromatic rings. The predicted octanol–water partition coefficient (Wildman–Crippen LogP) is 1.36. The van der Waals surface area contributed by atoms with Gasteiger partial charge in [-0.05, 0) is 32.9 Å². The van der Waals surface area contributed by atoms with Crippen molar-refractivity contribution >= 4 is 5.78 Å². The van der Waals surface area contributed by atoms with Gasteiger partial charge in [0.25, 0.3) is 5.78 Å². The zero-order chi connectivity index (χ0) is 12.3. The van der Waals surface area contributed by atoms with E-state index in [0.29, 0.717) is 11.8 Å². The topological polar surface area (TPSA) is 55.1 Å². The van der Waals surface area contributed by atoms with Crippen LogP contribution in [0.15, 0.2) is 12.4 Å². The van der Waals surface area contributed by atoms with E-state index in [2.05, 4.69) is 40.3 Å². The first-order valence-electron chi connectivity index (χ1n) is 6.10. The fraction of sp³-hybridized carbons (Fsp3) is 0.583. The van der Waals surface area contributed by atoms with Crippen LogP contribution in [0.1, 0.15) is 31.7 Å². The molecule has 0 amide bonds. The van der Waals surface area contributed by atoms with E-state index in [1.807, 2.05) is 11.4 Å². The van der Waals surface area contributed by atoms with E-state index >= 15 is 0 Å². The molecule has 2 rings (SSSR count). The Kier molecular flexibility index (Phi) is 3.68. The Morgan fingerprint density at radius 2 is 2.29 bits per heavy atom. The summed E-state index contributed by atoms with van der Waals surface area (Å²) >= 11 is 0. The van der Waals surface area contributed by atoms with Crippen LogP contribution in [0.2, 0.25) is 0 Å². The molecule has 0 aliphatic carbocycles. The molecule has 0 spiro atoms. The third-order valence-electron chi connectivity index (χ3n) is 2.71. The van der Waals surface area contributed by atoms with Gasteiger partial charge in [-0.15, -0.1) is 0 Å². The normalized spacial score (nSPS) is 13.1. The van der Waals surface area contributed by atoms with E-state index in [4.69, 9.17) is 0 Å². The Morgan fingerprint density at radius 1 is 1.47 bits per heavy atom. The lowest BCUT2D eigenvalue weighted by Crippen LogP contribution is -2.29. The Balaban J connectivity index is 2.19. The number of aryl methyl sites for hydroxylation is 1. The molecule has 0 fully saturated rings. The highest BCUT2D eigenvalue weighted by molar-refractivity contribution is 5.30. The largest absolute Gasteiger partial charge is 0.314 e. The van der Waals surface area contributed by atoms with Crippen molar-refractivity contribution in [2.45, 2.75) is 39.7 Å². The summed E-state index contributed by atoms with van der Waals surface area (Å²) in [6.07, 6.45) is 3.64. The second-order valence-corrected chi connectivity index (χ2v) is 4.42. The van der Waals surface area contributed by atoms with Crippen molar-refractivity contribution in [3.8, 4) is 0 Å². The summed E-state index contributed by atoms with van der Waals surface area (Å²) in [5.41, 5.74) is 2.14. The van der Waals surface area contributed by atoms with Crippen molar-refractivity contribution in [2.75, 3.05) is 6.54 Å². The Labute approximate surface area is 101 Å². The molecule has 2 heterocycles. The van der Waals surface area contributed by atoms with E-state index in [9.17, 15) is 0 Å². The fourth-order valence-corrected chi connectivity index (χ4v) is 1.93. The molecular formula is C12H19N5. The summed E-state index contributed by atoms with van der Waals surface area (Å²) in [4.78, 5) is 8.46. The van der Waals surface area contributed by atoms with Gasteiger partial charge >= 0.3 is 0 Å². The van der Waals surface area contributed by atoms with E-state index in [1.165, 1.54) is 0 Å². The van der Waals surface area contributed by atoms with Crippen LogP contribution in [0.25, 0.3) is 5.78 Å². The minimum Gasteiger partial charge on any atom is -0.314 e. The quantitative estimate of drug-likeness (QED) is 0.847. The van der Waals surface area contributed by atoms with Crippen molar-refractivity contribution in [3.63, 3.8) is 0 Å². The molecule has 1 N–H and O–H groups in total. The van der Waals surface area contributed by atoms with Crippen LogP contribution in [-0.2, 0) is 6.42 Å². The van der Waals surface area contributed by atoms with Crippen molar-refractivity contribution < 1.29 is 0 Å². The van der Waals surface area contributed by atoms with Gasteiger partial charge < -0.3 is 5.32 Å². The molecule has 0 bridgehead atoms. The Bertz CT molecular complexity index is 491. The lowest BCUT2D eigenvalue weighted by Gasteiger charge is -2.13. The molecule has 0 radical (unpaired) electrons. The van der Waals surface area contributed by atoms with Crippen LogP contribution in [0.5, 0.6) is 0 Å². The molecule has 1 atom stereocenters. The van der Waals surface area contributed by atoms with Gasteiger partial charge in [0.1, 0.15) is 6.33 Å². The lowest BCUT2D eigenvalue weighted by molar-refractivity contribution is 0.533. The monoisotopic (exact) mass is 233 g/mol. The van der Waals surface area contributed by atoms with Crippen molar-refractivity contribution in [1.82, 2.24) is 24.9 Å². The smallest absolute Gasteiger partial charge is 0.252 e. The molecule has 1 unspecified atom stereocenters. The first-order valence-corrected chi connectivity index (χ1v) is 6.10. The minimum absolute atomic E-state index is 0.434. The van der Waals surface area contributed by atoms with E-state index in [-0.39, 0.29) is 0 Å². The first-order chi connectivity index (χ1) is 8.20. The molecule has 92 valence electrons. The number of hydrogen-bond donors (Lipinski definition) is 1. The van der Waals surface area contributed by atoms with Crippen LogP contribution in [-0.4, -0.2) is 32.2 Å². The molecule has 0 aromatic carbocycles. The SMILES string of the molecule is CCCNC(C)Cc1cc(C)nc2ncnn12. The maximum atomic E-state index is 4.33. The summed E-state index contributed by atoms with van der Waals surface area (Å²) in [5.74, 6) is 0.683. The molecule has 5 heteroatoms. The number of nitrogens with zero attached hydrogens (tertiary/aromatic N) is 4. The summed E-state index contributed by atoms with van der Waals surface area (Å²) in [5, 5.41) is 7.68. The second kappa shape index (κ2) is 5.23. The van der Waals surface area contributed by atoms with E-state index in [1.54, 1.807) is 6.33 Å². The minimum atomic E-state index is 0.434. The van der Waals surface area contributed by atoms with Gasteiger partial charge in [-0.1, -0.05) is 6.92 Å². The molecule has 0 saturated carbocycles. The Hall–Kier alpha value is -1.49. The Morgan fingerprint density at radius 3 is 3.06 bits per heavy atom. The van der Waals surface area contributed by atoms with Crippen LogP contribution in [0, 0.1) is 6.92 Å². The van der Waals surface area contributed by atoms with Crippen LogP contribution in [0.4, 0.5) is 0 Å². The van der Waals surface area contributed by atoms with Gasteiger partial charge in [0.05, 0.1) is 0 Å². The van der Waals surface area contributed by atoms with Crippen LogP contribution < -0.4 is 5.32 Å². The molecule has 0 saturated heterocycles. The molecule has 0 aliphatic heterocycles. The molecule has 5 nitrogen and oxygen atoms in total. The van der Waals surface area contributed by atoms with Gasteiger partial charge in [0, 0.05) is 23.9 Å². The molecule has 2 aromatic heterocycles.